The van der Waals surface area contributed by atoms with Gasteiger partial charge in [-0.05, 0) is 56.2 Å². The zero-order valence-electron chi connectivity index (χ0n) is 16.0. The summed E-state index contributed by atoms with van der Waals surface area (Å²) in [5.74, 6) is 0.0584. The van der Waals surface area contributed by atoms with Gasteiger partial charge in [-0.3, -0.25) is 14.5 Å². The molecule has 2 aliphatic rings. The molecule has 1 aliphatic heterocycles. The molecule has 0 aromatic heterocycles. The van der Waals surface area contributed by atoms with Gasteiger partial charge in [0.1, 0.15) is 12.1 Å². The summed E-state index contributed by atoms with van der Waals surface area (Å²) in [6.45, 7) is 3.63. The molecule has 1 saturated carbocycles. The Labute approximate surface area is 164 Å². The standard InChI is InChI=1S/C20H26ClN3O3/c1-13-4-10-16(11-5-13)23(3)17(25)12-24-18(26)20(2,22-19(24)27)14-6-8-15(21)9-7-14/h6-9,13,16H,4-5,10-12H2,1-3H3,(H,22,27)/t13?,16?,20-/m1/s1. The topological polar surface area (TPSA) is 69.7 Å². The van der Waals surface area contributed by atoms with Crippen molar-refractivity contribution in [3.63, 3.8) is 0 Å². The maximum absolute atomic E-state index is 12.9. The molecule has 1 atom stereocenters. The number of hydrogen-bond donors (Lipinski definition) is 1. The zero-order chi connectivity index (χ0) is 19.8. The third-order valence-corrected chi connectivity index (χ3v) is 6.17. The highest BCUT2D eigenvalue weighted by Gasteiger charge is 2.49. The lowest BCUT2D eigenvalue weighted by atomic mass is 9.87. The Hall–Kier alpha value is -2.08. The molecule has 0 radical (unpaired) electrons. The van der Waals surface area contributed by atoms with Gasteiger partial charge in [0.05, 0.1) is 0 Å². The van der Waals surface area contributed by atoms with Crippen LogP contribution in [0.25, 0.3) is 0 Å². The zero-order valence-corrected chi connectivity index (χ0v) is 16.8. The number of amides is 4. The van der Waals surface area contributed by atoms with Crippen molar-refractivity contribution in [3.8, 4) is 0 Å². The van der Waals surface area contributed by atoms with Crippen molar-refractivity contribution < 1.29 is 14.4 Å². The largest absolute Gasteiger partial charge is 0.341 e. The molecule has 1 aromatic carbocycles. The van der Waals surface area contributed by atoms with E-state index in [9.17, 15) is 14.4 Å². The van der Waals surface area contributed by atoms with E-state index < -0.39 is 17.5 Å². The van der Waals surface area contributed by atoms with Gasteiger partial charge in [-0.1, -0.05) is 30.7 Å². The highest BCUT2D eigenvalue weighted by molar-refractivity contribution is 6.30. The van der Waals surface area contributed by atoms with E-state index in [1.807, 2.05) is 0 Å². The molecule has 0 unspecified atom stereocenters. The fraction of sp³-hybridized carbons (Fsp3) is 0.550. The summed E-state index contributed by atoms with van der Waals surface area (Å²) in [5.41, 5.74) is -0.560. The fourth-order valence-electron chi connectivity index (χ4n) is 3.90. The predicted octanol–water partition coefficient (Wildman–Crippen LogP) is 3.14. The van der Waals surface area contributed by atoms with E-state index in [2.05, 4.69) is 12.2 Å². The summed E-state index contributed by atoms with van der Waals surface area (Å²) < 4.78 is 0. The van der Waals surface area contributed by atoms with Gasteiger partial charge in [0.25, 0.3) is 5.91 Å². The molecule has 4 amide bonds. The minimum atomic E-state index is -1.19. The Kier molecular flexibility index (Phi) is 5.47. The van der Waals surface area contributed by atoms with Crippen molar-refractivity contribution in [2.45, 2.75) is 51.1 Å². The number of carbonyl (C=O) groups excluding carboxylic acids is 3. The van der Waals surface area contributed by atoms with Crippen LogP contribution < -0.4 is 5.32 Å². The molecule has 0 spiro atoms. The summed E-state index contributed by atoms with van der Waals surface area (Å²) in [7, 11) is 1.76. The van der Waals surface area contributed by atoms with E-state index in [1.165, 1.54) is 0 Å². The molecule has 146 valence electrons. The van der Waals surface area contributed by atoms with Crippen LogP contribution in [0.2, 0.25) is 5.02 Å². The summed E-state index contributed by atoms with van der Waals surface area (Å²) in [6.07, 6.45) is 4.12. The molecular weight excluding hydrogens is 366 g/mol. The minimum absolute atomic E-state index is 0.178. The number of rotatable bonds is 4. The number of nitrogens with one attached hydrogen (secondary N) is 1. The maximum Gasteiger partial charge on any atom is 0.325 e. The van der Waals surface area contributed by atoms with Crippen LogP contribution in [0.5, 0.6) is 0 Å². The Bertz CT molecular complexity index is 743. The molecule has 1 N–H and O–H groups in total. The number of benzene rings is 1. The van der Waals surface area contributed by atoms with E-state index in [0.29, 0.717) is 16.5 Å². The van der Waals surface area contributed by atoms with Crippen molar-refractivity contribution >= 4 is 29.4 Å². The van der Waals surface area contributed by atoms with Gasteiger partial charge in [-0.15, -0.1) is 0 Å². The number of urea groups is 1. The van der Waals surface area contributed by atoms with Crippen molar-refractivity contribution in [3.05, 3.63) is 34.9 Å². The van der Waals surface area contributed by atoms with Gasteiger partial charge in [0.2, 0.25) is 5.91 Å². The highest BCUT2D eigenvalue weighted by Crippen LogP contribution is 2.30. The first-order valence-electron chi connectivity index (χ1n) is 9.38. The van der Waals surface area contributed by atoms with Gasteiger partial charge in [0, 0.05) is 18.1 Å². The minimum Gasteiger partial charge on any atom is -0.341 e. The van der Waals surface area contributed by atoms with E-state index >= 15 is 0 Å². The molecule has 3 rings (SSSR count). The summed E-state index contributed by atoms with van der Waals surface area (Å²) in [4.78, 5) is 40.8. The normalized spacial score (nSPS) is 28.2. The number of carbonyl (C=O) groups is 3. The summed E-state index contributed by atoms with van der Waals surface area (Å²) >= 11 is 5.91. The first-order chi connectivity index (χ1) is 12.7. The van der Waals surface area contributed by atoms with Crippen LogP contribution in [-0.4, -0.2) is 47.3 Å². The molecule has 1 saturated heterocycles. The molecule has 7 heteroatoms. The quantitative estimate of drug-likeness (QED) is 0.801. The second-order valence-corrected chi connectivity index (χ2v) is 8.31. The lowest BCUT2D eigenvalue weighted by Crippen LogP contribution is -2.47. The Morgan fingerprint density at radius 1 is 1.22 bits per heavy atom. The number of imide groups is 1. The second-order valence-electron chi connectivity index (χ2n) is 7.87. The van der Waals surface area contributed by atoms with Gasteiger partial charge in [-0.25, -0.2) is 4.79 Å². The lowest BCUT2D eigenvalue weighted by Gasteiger charge is -2.34. The van der Waals surface area contributed by atoms with Gasteiger partial charge < -0.3 is 10.2 Å². The fourth-order valence-corrected chi connectivity index (χ4v) is 4.03. The SMILES string of the molecule is CC1CCC(N(C)C(=O)CN2C(=O)N[C@](C)(c3ccc(Cl)cc3)C2=O)CC1. The third-order valence-electron chi connectivity index (χ3n) is 5.92. The van der Waals surface area contributed by atoms with Crippen molar-refractivity contribution in [2.75, 3.05) is 13.6 Å². The molecule has 0 bridgehead atoms. The van der Waals surface area contributed by atoms with E-state index in [-0.39, 0.29) is 18.5 Å². The molecule has 1 aromatic rings. The van der Waals surface area contributed by atoms with E-state index in [1.54, 1.807) is 43.1 Å². The van der Waals surface area contributed by atoms with Crippen molar-refractivity contribution in [1.29, 1.82) is 0 Å². The monoisotopic (exact) mass is 391 g/mol. The molecule has 2 fully saturated rings. The van der Waals surface area contributed by atoms with Crippen LogP contribution in [-0.2, 0) is 15.1 Å². The highest BCUT2D eigenvalue weighted by atomic mass is 35.5. The van der Waals surface area contributed by atoms with Crippen LogP contribution in [0.4, 0.5) is 4.79 Å². The van der Waals surface area contributed by atoms with Crippen LogP contribution >= 0.6 is 11.6 Å². The second kappa shape index (κ2) is 7.50. The third kappa shape index (κ3) is 3.81. The van der Waals surface area contributed by atoms with Crippen LogP contribution in [0.1, 0.15) is 45.1 Å². The summed E-state index contributed by atoms with van der Waals surface area (Å²) in [6, 6.07) is 6.40. The average molecular weight is 392 g/mol. The first-order valence-corrected chi connectivity index (χ1v) is 9.76. The van der Waals surface area contributed by atoms with Crippen molar-refractivity contribution in [2.24, 2.45) is 5.92 Å². The first kappa shape index (κ1) is 19.7. The van der Waals surface area contributed by atoms with E-state index in [0.717, 1.165) is 30.6 Å². The van der Waals surface area contributed by atoms with Gasteiger partial charge in [0.15, 0.2) is 0 Å². The van der Waals surface area contributed by atoms with Gasteiger partial charge in [-0.2, -0.15) is 0 Å². The predicted molar refractivity (Wildman–Crippen MR) is 103 cm³/mol. The maximum atomic E-state index is 12.9. The van der Waals surface area contributed by atoms with Gasteiger partial charge >= 0.3 is 6.03 Å². The number of halogens is 1. The number of likely N-dealkylation sites (N-methyl/N-ethyl adjacent to an activating group) is 1. The van der Waals surface area contributed by atoms with Crippen molar-refractivity contribution in [1.82, 2.24) is 15.1 Å². The van der Waals surface area contributed by atoms with Crippen LogP contribution in [0, 0.1) is 5.92 Å². The molecule has 1 heterocycles. The number of nitrogens with zero attached hydrogens (tertiary/aromatic N) is 2. The smallest absolute Gasteiger partial charge is 0.325 e. The Morgan fingerprint density at radius 2 is 1.81 bits per heavy atom. The molecule has 27 heavy (non-hydrogen) atoms. The molecule has 6 nitrogen and oxygen atoms in total. The average Bonchev–Trinajstić information content (AvgIpc) is 2.86. The number of hydrogen-bond acceptors (Lipinski definition) is 3. The Morgan fingerprint density at radius 3 is 2.41 bits per heavy atom. The van der Waals surface area contributed by atoms with Crippen LogP contribution in [0.15, 0.2) is 24.3 Å². The van der Waals surface area contributed by atoms with E-state index in [4.69, 9.17) is 11.6 Å². The molecule has 1 aliphatic carbocycles. The molecular formula is C20H26ClN3O3. The Balaban J connectivity index is 1.70. The van der Waals surface area contributed by atoms with Crippen LogP contribution in [0.3, 0.4) is 0 Å². The summed E-state index contributed by atoms with van der Waals surface area (Å²) in [5, 5.41) is 3.27. The lowest BCUT2D eigenvalue weighted by molar-refractivity contribution is -0.139.